The molecule has 4 rings (SSSR count). The highest BCUT2D eigenvalue weighted by molar-refractivity contribution is 9.10. The van der Waals surface area contributed by atoms with Gasteiger partial charge in [0.25, 0.3) is 0 Å². The Labute approximate surface area is 134 Å². The van der Waals surface area contributed by atoms with Gasteiger partial charge in [-0.1, -0.05) is 22.4 Å². The Morgan fingerprint density at radius 2 is 1.90 bits per heavy atom. The highest BCUT2D eigenvalue weighted by atomic mass is 79.9. The van der Waals surface area contributed by atoms with Gasteiger partial charge < -0.3 is 14.8 Å². The number of fused-ring (bicyclic) bond motifs is 3. The molecule has 3 aliphatic rings. The Morgan fingerprint density at radius 1 is 1.14 bits per heavy atom. The van der Waals surface area contributed by atoms with E-state index in [0.717, 1.165) is 33.7 Å². The van der Waals surface area contributed by atoms with Crippen molar-refractivity contribution in [3.05, 3.63) is 22.2 Å². The molecule has 1 aromatic rings. The van der Waals surface area contributed by atoms with Crippen LogP contribution in [0.1, 0.15) is 37.3 Å². The van der Waals surface area contributed by atoms with Gasteiger partial charge in [-0.2, -0.15) is 0 Å². The Morgan fingerprint density at radius 3 is 2.52 bits per heavy atom. The van der Waals surface area contributed by atoms with Gasteiger partial charge in [0, 0.05) is 10.5 Å². The van der Waals surface area contributed by atoms with Crippen LogP contribution < -0.4 is 14.8 Å². The van der Waals surface area contributed by atoms with E-state index in [1.54, 1.807) is 0 Å². The second-order valence-electron chi connectivity index (χ2n) is 6.62. The molecule has 0 radical (unpaired) electrons. The van der Waals surface area contributed by atoms with Crippen LogP contribution in [0.3, 0.4) is 0 Å². The summed E-state index contributed by atoms with van der Waals surface area (Å²) in [6.07, 6.45) is 5.66. The average Bonchev–Trinajstić information content (AvgIpc) is 3.11. The summed E-state index contributed by atoms with van der Waals surface area (Å²) >= 11 is 3.74. The van der Waals surface area contributed by atoms with Gasteiger partial charge in [0.2, 0.25) is 0 Å². The molecule has 21 heavy (non-hydrogen) atoms. The molecular formula is C17H22BrNO2. The Hall–Kier alpha value is -0.740. The van der Waals surface area contributed by atoms with Crippen molar-refractivity contribution in [2.24, 2.45) is 17.8 Å². The van der Waals surface area contributed by atoms with Gasteiger partial charge in [-0.3, -0.25) is 0 Å². The summed E-state index contributed by atoms with van der Waals surface area (Å²) in [5.74, 6) is 4.37. The van der Waals surface area contributed by atoms with E-state index in [2.05, 4.69) is 40.4 Å². The first-order valence-corrected chi connectivity index (χ1v) is 8.82. The standard InChI is InChI=1S/C17H22BrNO2/c1-19-17(12-7-10-2-3-11(12)6-10)13-8-15-16(9-14(13)18)21-5-4-20-15/h8-12,17,19H,2-7H2,1H3. The van der Waals surface area contributed by atoms with Gasteiger partial charge in [0.15, 0.2) is 11.5 Å². The van der Waals surface area contributed by atoms with Crippen molar-refractivity contribution in [1.29, 1.82) is 0 Å². The number of ether oxygens (including phenoxy) is 2. The molecule has 3 nitrogen and oxygen atoms in total. The van der Waals surface area contributed by atoms with E-state index < -0.39 is 0 Å². The van der Waals surface area contributed by atoms with E-state index in [4.69, 9.17) is 9.47 Å². The van der Waals surface area contributed by atoms with Crippen LogP contribution in [0, 0.1) is 17.8 Å². The number of rotatable bonds is 3. The first-order valence-electron chi connectivity index (χ1n) is 8.02. The topological polar surface area (TPSA) is 30.5 Å². The fourth-order valence-electron chi connectivity index (χ4n) is 4.62. The molecule has 2 aliphatic carbocycles. The molecule has 0 aromatic heterocycles. The lowest BCUT2D eigenvalue weighted by Crippen LogP contribution is -2.29. The van der Waals surface area contributed by atoms with Gasteiger partial charge in [0.1, 0.15) is 13.2 Å². The second kappa shape index (κ2) is 5.47. The number of benzene rings is 1. The zero-order chi connectivity index (χ0) is 14.4. The summed E-state index contributed by atoms with van der Waals surface area (Å²) in [7, 11) is 2.08. The number of nitrogens with one attached hydrogen (secondary N) is 1. The van der Waals surface area contributed by atoms with Crippen LogP contribution >= 0.6 is 15.9 Å². The van der Waals surface area contributed by atoms with Crippen molar-refractivity contribution in [1.82, 2.24) is 5.32 Å². The summed E-state index contributed by atoms with van der Waals surface area (Å²) in [6.45, 7) is 1.28. The lowest BCUT2D eigenvalue weighted by Gasteiger charge is -2.32. The molecular weight excluding hydrogens is 330 g/mol. The molecule has 1 aliphatic heterocycles. The fourth-order valence-corrected chi connectivity index (χ4v) is 5.19. The van der Waals surface area contributed by atoms with Crippen molar-refractivity contribution in [2.45, 2.75) is 31.7 Å². The quantitative estimate of drug-likeness (QED) is 0.895. The second-order valence-corrected chi connectivity index (χ2v) is 7.48. The summed E-state index contributed by atoms with van der Waals surface area (Å²) in [4.78, 5) is 0. The maximum absolute atomic E-state index is 5.76. The third kappa shape index (κ3) is 2.36. The Kier molecular flexibility index (Phi) is 3.62. The molecule has 0 saturated heterocycles. The summed E-state index contributed by atoms with van der Waals surface area (Å²) in [6, 6.07) is 4.65. The molecule has 2 fully saturated rings. The highest BCUT2D eigenvalue weighted by Gasteiger charge is 2.43. The van der Waals surface area contributed by atoms with Gasteiger partial charge in [-0.15, -0.1) is 0 Å². The fraction of sp³-hybridized carbons (Fsp3) is 0.647. The molecule has 1 aromatic carbocycles. The molecule has 2 bridgehead atoms. The van der Waals surface area contributed by atoms with Crippen LogP contribution in [0.4, 0.5) is 0 Å². The molecule has 4 atom stereocenters. The smallest absolute Gasteiger partial charge is 0.162 e. The predicted molar refractivity (Wildman–Crippen MR) is 85.9 cm³/mol. The lowest BCUT2D eigenvalue weighted by atomic mass is 9.80. The van der Waals surface area contributed by atoms with E-state index in [1.807, 2.05) is 0 Å². The Balaban J connectivity index is 1.67. The number of halogens is 1. The maximum atomic E-state index is 5.76. The van der Waals surface area contributed by atoms with Crippen molar-refractivity contribution in [2.75, 3.05) is 20.3 Å². The highest BCUT2D eigenvalue weighted by Crippen LogP contribution is 2.53. The number of hydrogen-bond donors (Lipinski definition) is 1. The average molecular weight is 352 g/mol. The predicted octanol–water partition coefficient (Wildman–Crippen LogP) is 3.92. The summed E-state index contributed by atoms with van der Waals surface area (Å²) in [5.41, 5.74) is 1.32. The third-order valence-corrected chi connectivity index (χ3v) is 6.22. The van der Waals surface area contributed by atoms with Crippen LogP contribution in [0.15, 0.2) is 16.6 Å². The van der Waals surface area contributed by atoms with Crippen molar-refractivity contribution >= 4 is 15.9 Å². The van der Waals surface area contributed by atoms with Crippen molar-refractivity contribution in [3.63, 3.8) is 0 Å². The molecule has 114 valence electrons. The molecule has 1 heterocycles. The lowest BCUT2D eigenvalue weighted by molar-refractivity contribution is 0.170. The van der Waals surface area contributed by atoms with E-state index in [-0.39, 0.29) is 0 Å². The minimum atomic E-state index is 0.408. The van der Waals surface area contributed by atoms with Crippen LogP contribution in [0.5, 0.6) is 11.5 Å². The van der Waals surface area contributed by atoms with Crippen molar-refractivity contribution < 1.29 is 9.47 Å². The SMILES string of the molecule is CNC(c1cc2c(cc1Br)OCCO2)C1CC2CCC1C2. The minimum Gasteiger partial charge on any atom is -0.486 e. The van der Waals surface area contributed by atoms with Crippen LogP contribution in [0.25, 0.3) is 0 Å². The van der Waals surface area contributed by atoms with E-state index in [0.29, 0.717) is 19.3 Å². The van der Waals surface area contributed by atoms with Crippen LogP contribution in [-0.2, 0) is 0 Å². The van der Waals surface area contributed by atoms with E-state index >= 15 is 0 Å². The van der Waals surface area contributed by atoms with Crippen LogP contribution in [0.2, 0.25) is 0 Å². The van der Waals surface area contributed by atoms with Gasteiger partial charge >= 0.3 is 0 Å². The molecule has 0 amide bonds. The monoisotopic (exact) mass is 351 g/mol. The van der Waals surface area contributed by atoms with Gasteiger partial charge in [0.05, 0.1) is 0 Å². The summed E-state index contributed by atoms with van der Waals surface area (Å²) in [5, 5.41) is 3.57. The summed E-state index contributed by atoms with van der Waals surface area (Å²) < 4.78 is 12.6. The minimum absolute atomic E-state index is 0.408. The molecule has 4 unspecified atom stereocenters. The van der Waals surface area contributed by atoms with Gasteiger partial charge in [-0.25, -0.2) is 0 Å². The zero-order valence-corrected chi connectivity index (χ0v) is 14.0. The normalized spacial score (nSPS) is 31.4. The first-order chi connectivity index (χ1) is 10.3. The third-order valence-electron chi connectivity index (χ3n) is 5.53. The first kappa shape index (κ1) is 13.9. The Bertz CT molecular complexity index is 548. The van der Waals surface area contributed by atoms with E-state index in [9.17, 15) is 0 Å². The van der Waals surface area contributed by atoms with E-state index in [1.165, 1.54) is 31.2 Å². The van der Waals surface area contributed by atoms with Crippen molar-refractivity contribution in [3.8, 4) is 11.5 Å². The zero-order valence-electron chi connectivity index (χ0n) is 12.4. The molecule has 2 saturated carbocycles. The maximum Gasteiger partial charge on any atom is 0.162 e. The molecule has 1 N–H and O–H groups in total. The van der Waals surface area contributed by atoms with Crippen LogP contribution in [-0.4, -0.2) is 20.3 Å². The molecule has 0 spiro atoms. The largest absolute Gasteiger partial charge is 0.486 e. The van der Waals surface area contributed by atoms with Gasteiger partial charge in [-0.05, 0) is 61.8 Å². The number of hydrogen-bond acceptors (Lipinski definition) is 3. The molecule has 4 heteroatoms.